The number of pyridine rings is 1. The molecule has 0 saturated heterocycles. The number of rotatable bonds is 4. The summed E-state index contributed by atoms with van der Waals surface area (Å²) in [5.41, 5.74) is 2.73. The van der Waals surface area contributed by atoms with Gasteiger partial charge in [-0.15, -0.1) is 0 Å². The molecule has 14 heavy (non-hydrogen) atoms. The van der Waals surface area contributed by atoms with E-state index < -0.39 is 6.10 Å². The highest BCUT2D eigenvalue weighted by Crippen LogP contribution is 2.14. The van der Waals surface area contributed by atoms with Crippen LogP contribution in [0.5, 0.6) is 0 Å². The molecule has 0 spiro atoms. The predicted octanol–water partition coefficient (Wildman–Crippen LogP) is 1.77. The Hall–Kier alpha value is -0.930. The van der Waals surface area contributed by atoms with Crippen molar-refractivity contribution < 1.29 is 9.84 Å². The quantitative estimate of drug-likeness (QED) is 0.796. The van der Waals surface area contributed by atoms with Gasteiger partial charge >= 0.3 is 0 Å². The Bertz CT molecular complexity index is 279. The molecule has 1 unspecified atom stereocenters. The van der Waals surface area contributed by atoms with E-state index in [2.05, 4.69) is 4.98 Å². The van der Waals surface area contributed by atoms with Crippen LogP contribution in [-0.4, -0.2) is 23.3 Å². The predicted molar refractivity (Wildman–Crippen MR) is 55.2 cm³/mol. The molecule has 1 atom stereocenters. The normalized spacial score (nSPS) is 12.9. The molecule has 1 heterocycles. The van der Waals surface area contributed by atoms with E-state index in [-0.39, 0.29) is 0 Å². The first-order valence-corrected chi connectivity index (χ1v) is 4.84. The Labute approximate surface area is 84.7 Å². The maximum absolute atomic E-state index is 9.75. The lowest BCUT2D eigenvalue weighted by molar-refractivity contribution is 0.0419. The van der Waals surface area contributed by atoms with E-state index in [0.717, 1.165) is 17.0 Å². The van der Waals surface area contributed by atoms with Gasteiger partial charge in [0.1, 0.15) is 6.10 Å². The van der Waals surface area contributed by atoms with Crippen molar-refractivity contribution in [2.75, 3.05) is 13.2 Å². The van der Waals surface area contributed by atoms with E-state index in [1.54, 1.807) is 0 Å². The fourth-order valence-electron chi connectivity index (χ4n) is 1.38. The molecule has 0 aliphatic rings. The first-order valence-electron chi connectivity index (χ1n) is 4.84. The summed E-state index contributed by atoms with van der Waals surface area (Å²) in [6.07, 6.45) is -0.546. The smallest absolute Gasteiger partial charge is 0.102 e. The highest BCUT2D eigenvalue weighted by atomic mass is 16.5. The van der Waals surface area contributed by atoms with Crippen LogP contribution in [0.15, 0.2) is 12.1 Å². The monoisotopic (exact) mass is 195 g/mol. The van der Waals surface area contributed by atoms with Crippen molar-refractivity contribution in [3.8, 4) is 0 Å². The minimum Gasteiger partial charge on any atom is -0.386 e. The van der Waals surface area contributed by atoms with Crippen molar-refractivity contribution >= 4 is 0 Å². The number of hydrogen-bond acceptors (Lipinski definition) is 3. The molecule has 0 amide bonds. The van der Waals surface area contributed by atoms with Crippen LogP contribution >= 0.6 is 0 Å². The number of aliphatic hydroxyl groups is 1. The van der Waals surface area contributed by atoms with Gasteiger partial charge in [0.05, 0.1) is 6.61 Å². The van der Waals surface area contributed by atoms with Gasteiger partial charge in [0, 0.05) is 18.0 Å². The molecule has 3 nitrogen and oxygen atoms in total. The lowest BCUT2D eigenvalue weighted by Gasteiger charge is -2.11. The lowest BCUT2D eigenvalue weighted by atomic mass is 10.1. The van der Waals surface area contributed by atoms with E-state index in [4.69, 9.17) is 4.74 Å². The zero-order chi connectivity index (χ0) is 10.6. The van der Waals surface area contributed by atoms with Crippen LogP contribution in [0.25, 0.3) is 0 Å². The maximum Gasteiger partial charge on any atom is 0.102 e. The van der Waals surface area contributed by atoms with Crippen LogP contribution in [0.2, 0.25) is 0 Å². The number of aliphatic hydroxyl groups excluding tert-OH is 1. The second-order valence-electron chi connectivity index (χ2n) is 3.36. The average Bonchev–Trinajstić information content (AvgIpc) is 2.12. The molecule has 3 heteroatoms. The first kappa shape index (κ1) is 11.1. The van der Waals surface area contributed by atoms with E-state index in [1.165, 1.54) is 0 Å². The Kier molecular flexibility index (Phi) is 4.04. The molecular formula is C11H17NO2. The molecule has 0 fully saturated rings. The van der Waals surface area contributed by atoms with E-state index in [9.17, 15) is 5.11 Å². The van der Waals surface area contributed by atoms with Crippen molar-refractivity contribution in [1.29, 1.82) is 0 Å². The number of aryl methyl sites for hydroxylation is 2. The fourth-order valence-corrected chi connectivity index (χ4v) is 1.38. The Balaban J connectivity index is 2.73. The summed E-state index contributed by atoms with van der Waals surface area (Å²) in [5.74, 6) is 0. The third-order valence-corrected chi connectivity index (χ3v) is 1.97. The van der Waals surface area contributed by atoms with Crippen molar-refractivity contribution in [2.45, 2.75) is 26.9 Å². The van der Waals surface area contributed by atoms with Gasteiger partial charge in [-0.1, -0.05) is 0 Å². The van der Waals surface area contributed by atoms with Gasteiger partial charge in [0.15, 0.2) is 0 Å². The molecule has 1 aromatic heterocycles. The van der Waals surface area contributed by atoms with Gasteiger partial charge in [0.25, 0.3) is 0 Å². The van der Waals surface area contributed by atoms with Crippen molar-refractivity contribution in [1.82, 2.24) is 4.98 Å². The number of ether oxygens (including phenoxy) is 1. The van der Waals surface area contributed by atoms with Crippen LogP contribution in [0.4, 0.5) is 0 Å². The topological polar surface area (TPSA) is 42.4 Å². The first-order chi connectivity index (χ1) is 6.63. The summed E-state index contributed by atoms with van der Waals surface area (Å²) in [6, 6.07) is 3.77. The summed E-state index contributed by atoms with van der Waals surface area (Å²) < 4.78 is 5.16. The van der Waals surface area contributed by atoms with Crippen LogP contribution in [0, 0.1) is 13.8 Å². The number of nitrogens with zero attached hydrogens (tertiary/aromatic N) is 1. The van der Waals surface area contributed by atoms with Crippen molar-refractivity contribution in [3.05, 3.63) is 29.1 Å². The zero-order valence-corrected chi connectivity index (χ0v) is 8.95. The SMILES string of the molecule is CCOCC(O)c1cc(C)nc(C)c1. The molecular weight excluding hydrogens is 178 g/mol. The standard InChI is InChI=1S/C11H17NO2/c1-4-14-7-11(13)10-5-8(2)12-9(3)6-10/h5-6,11,13H,4,7H2,1-3H3. The number of hydrogen-bond donors (Lipinski definition) is 1. The zero-order valence-electron chi connectivity index (χ0n) is 8.95. The summed E-state index contributed by atoms with van der Waals surface area (Å²) in [7, 11) is 0. The van der Waals surface area contributed by atoms with Gasteiger partial charge in [-0.05, 0) is 38.5 Å². The molecule has 0 saturated carbocycles. The molecule has 1 aromatic rings. The lowest BCUT2D eigenvalue weighted by Crippen LogP contribution is -2.08. The maximum atomic E-state index is 9.75. The summed E-state index contributed by atoms with van der Waals surface area (Å²) in [4.78, 5) is 4.25. The van der Waals surface area contributed by atoms with Crippen LogP contribution in [0.1, 0.15) is 30.0 Å². The third kappa shape index (κ3) is 3.09. The number of aromatic nitrogens is 1. The van der Waals surface area contributed by atoms with Gasteiger partial charge in [-0.3, -0.25) is 4.98 Å². The molecule has 1 N–H and O–H groups in total. The Morgan fingerprint density at radius 2 is 1.93 bits per heavy atom. The van der Waals surface area contributed by atoms with Gasteiger partial charge < -0.3 is 9.84 Å². The molecule has 0 radical (unpaired) electrons. The molecule has 0 aromatic carbocycles. The minimum absolute atomic E-state index is 0.347. The van der Waals surface area contributed by atoms with E-state index in [0.29, 0.717) is 13.2 Å². The van der Waals surface area contributed by atoms with Gasteiger partial charge in [-0.2, -0.15) is 0 Å². The minimum atomic E-state index is -0.546. The Morgan fingerprint density at radius 3 is 2.43 bits per heavy atom. The van der Waals surface area contributed by atoms with Crippen LogP contribution in [-0.2, 0) is 4.74 Å². The second-order valence-corrected chi connectivity index (χ2v) is 3.36. The molecule has 78 valence electrons. The summed E-state index contributed by atoms with van der Waals surface area (Å²) in [5, 5.41) is 9.75. The highest BCUT2D eigenvalue weighted by Gasteiger charge is 2.08. The van der Waals surface area contributed by atoms with E-state index >= 15 is 0 Å². The van der Waals surface area contributed by atoms with Gasteiger partial charge in [-0.25, -0.2) is 0 Å². The van der Waals surface area contributed by atoms with Crippen LogP contribution < -0.4 is 0 Å². The molecule has 1 rings (SSSR count). The molecule has 0 aliphatic carbocycles. The fraction of sp³-hybridized carbons (Fsp3) is 0.545. The highest BCUT2D eigenvalue weighted by molar-refractivity contribution is 5.22. The third-order valence-electron chi connectivity index (χ3n) is 1.97. The van der Waals surface area contributed by atoms with E-state index in [1.807, 2.05) is 32.9 Å². The summed E-state index contributed by atoms with van der Waals surface area (Å²) >= 11 is 0. The Morgan fingerprint density at radius 1 is 1.36 bits per heavy atom. The molecule has 0 bridgehead atoms. The van der Waals surface area contributed by atoms with Crippen molar-refractivity contribution in [2.24, 2.45) is 0 Å². The van der Waals surface area contributed by atoms with Crippen LogP contribution in [0.3, 0.4) is 0 Å². The van der Waals surface area contributed by atoms with Gasteiger partial charge in [0.2, 0.25) is 0 Å². The molecule has 0 aliphatic heterocycles. The summed E-state index contributed by atoms with van der Waals surface area (Å²) in [6.45, 7) is 6.73. The largest absolute Gasteiger partial charge is 0.386 e. The average molecular weight is 195 g/mol. The van der Waals surface area contributed by atoms with Crippen molar-refractivity contribution in [3.63, 3.8) is 0 Å². The second kappa shape index (κ2) is 5.08.